The predicted octanol–water partition coefficient (Wildman–Crippen LogP) is 2.59. The van der Waals surface area contributed by atoms with E-state index in [-0.39, 0.29) is 5.97 Å². The zero-order valence-corrected chi connectivity index (χ0v) is 13.7. The number of carbonyl (C=O) groups excluding carboxylic acids is 1. The minimum absolute atomic E-state index is 0.235. The Morgan fingerprint density at radius 1 is 1.43 bits per heavy atom. The standard InChI is InChI=1S/C15H25N3O2S/c1-3-5-6-12-13(14(19)20-4-2)21-15(17-12)18-9-7-11(16)8-10-18/h11H,3-10,16H2,1-2H3. The van der Waals surface area contributed by atoms with Gasteiger partial charge in [-0.2, -0.15) is 0 Å². The number of ether oxygens (including phenoxy) is 1. The first kappa shape index (κ1) is 16.2. The molecule has 6 heteroatoms. The number of thiazole rings is 1. The van der Waals surface area contributed by atoms with E-state index in [0.717, 1.165) is 56.0 Å². The highest BCUT2D eigenvalue weighted by atomic mass is 32.1. The van der Waals surface area contributed by atoms with E-state index in [0.29, 0.717) is 17.5 Å². The van der Waals surface area contributed by atoms with Crippen molar-refractivity contribution in [2.75, 3.05) is 24.6 Å². The number of hydrogen-bond donors (Lipinski definition) is 1. The quantitative estimate of drug-likeness (QED) is 0.818. The molecule has 1 aromatic rings. The van der Waals surface area contributed by atoms with Crippen molar-refractivity contribution in [1.82, 2.24) is 4.98 Å². The number of nitrogens with zero attached hydrogens (tertiary/aromatic N) is 2. The van der Waals surface area contributed by atoms with Crippen LogP contribution in [0.2, 0.25) is 0 Å². The van der Waals surface area contributed by atoms with Crippen molar-refractivity contribution in [2.24, 2.45) is 5.73 Å². The molecule has 2 N–H and O–H groups in total. The van der Waals surface area contributed by atoms with Gasteiger partial charge in [-0.05, 0) is 32.6 Å². The van der Waals surface area contributed by atoms with Crippen LogP contribution in [0.3, 0.4) is 0 Å². The summed E-state index contributed by atoms with van der Waals surface area (Å²) in [6, 6.07) is 0.297. The van der Waals surface area contributed by atoms with Crippen LogP contribution in [0.1, 0.15) is 54.9 Å². The number of esters is 1. The second kappa shape index (κ2) is 7.75. The lowest BCUT2D eigenvalue weighted by Gasteiger charge is -2.29. The van der Waals surface area contributed by atoms with Gasteiger partial charge < -0.3 is 15.4 Å². The van der Waals surface area contributed by atoms with Crippen molar-refractivity contribution in [1.29, 1.82) is 0 Å². The Bertz CT molecular complexity index is 467. The van der Waals surface area contributed by atoms with Gasteiger partial charge in [0.1, 0.15) is 4.88 Å². The third-order valence-electron chi connectivity index (χ3n) is 3.72. The third-order valence-corrected chi connectivity index (χ3v) is 4.86. The SMILES string of the molecule is CCCCc1nc(N2CCC(N)CC2)sc1C(=O)OCC. The fraction of sp³-hybridized carbons (Fsp3) is 0.733. The number of aryl methyl sites for hydroxylation is 1. The van der Waals surface area contributed by atoms with Gasteiger partial charge >= 0.3 is 5.97 Å². The largest absolute Gasteiger partial charge is 0.462 e. The molecule has 21 heavy (non-hydrogen) atoms. The molecule has 0 amide bonds. The number of aromatic nitrogens is 1. The van der Waals surface area contributed by atoms with Crippen molar-refractivity contribution in [3.05, 3.63) is 10.6 Å². The summed E-state index contributed by atoms with van der Waals surface area (Å²) >= 11 is 1.47. The van der Waals surface area contributed by atoms with Gasteiger partial charge in [0, 0.05) is 19.1 Å². The number of hydrogen-bond acceptors (Lipinski definition) is 6. The second-order valence-electron chi connectivity index (χ2n) is 5.42. The zero-order chi connectivity index (χ0) is 15.2. The Morgan fingerprint density at radius 2 is 2.14 bits per heavy atom. The summed E-state index contributed by atoms with van der Waals surface area (Å²) < 4.78 is 5.16. The van der Waals surface area contributed by atoms with Gasteiger partial charge in [0.2, 0.25) is 0 Å². The van der Waals surface area contributed by atoms with E-state index < -0.39 is 0 Å². The van der Waals surface area contributed by atoms with Gasteiger partial charge in [0.05, 0.1) is 12.3 Å². The zero-order valence-electron chi connectivity index (χ0n) is 12.9. The summed E-state index contributed by atoms with van der Waals surface area (Å²) in [6.45, 7) is 6.22. The Balaban J connectivity index is 2.16. The fourth-order valence-electron chi connectivity index (χ4n) is 2.44. The van der Waals surface area contributed by atoms with E-state index in [9.17, 15) is 4.79 Å². The van der Waals surface area contributed by atoms with E-state index in [1.807, 2.05) is 6.92 Å². The maximum Gasteiger partial charge on any atom is 0.350 e. The van der Waals surface area contributed by atoms with Gasteiger partial charge in [0.25, 0.3) is 0 Å². The van der Waals surface area contributed by atoms with Crippen LogP contribution in [0.5, 0.6) is 0 Å². The number of piperidine rings is 1. The molecule has 1 saturated heterocycles. The first-order valence-electron chi connectivity index (χ1n) is 7.83. The highest BCUT2D eigenvalue weighted by molar-refractivity contribution is 7.17. The first-order chi connectivity index (χ1) is 10.2. The minimum Gasteiger partial charge on any atom is -0.462 e. The summed E-state index contributed by atoms with van der Waals surface area (Å²) in [5.74, 6) is -0.235. The number of unbranched alkanes of at least 4 members (excludes halogenated alkanes) is 1. The second-order valence-corrected chi connectivity index (χ2v) is 6.40. The van der Waals surface area contributed by atoms with Crippen LogP contribution < -0.4 is 10.6 Å². The van der Waals surface area contributed by atoms with Crippen LogP contribution in [0.25, 0.3) is 0 Å². The fourth-order valence-corrected chi connectivity index (χ4v) is 3.49. The van der Waals surface area contributed by atoms with Crippen LogP contribution in [0.15, 0.2) is 0 Å². The molecule has 2 rings (SSSR count). The molecule has 1 aliphatic heterocycles. The first-order valence-corrected chi connectivity index (χ1v) is 8.64. The van der Waals surface area contributed by atoms with Gasteiger partial charge in [-0.25, -0.2) is 9.78 Å². The smallest absolute Gasteiger partial charge is 0.350 e. The van der Waals surface area contributed by atoms with E-state index >= 15 is 0 Å². The molecular weight excluding hydrogens is 286 g/mol. The molecule has 0 saturated carbocycles. The Morgan fingerprint density at radius 3 is 2.76 bits per heavy atom. The highest BCUT2D eigenvalue weighted by Crippen LogP contribution is 2.30. The number of nitrogens with two attached hydrogens (primary N) is 1. The molecular formula is C15H25N3O2S. The van der Waals surface area contributed by atoms with Crippen LogP contribution in [0.4, 0.5) is 5.13 Å². The van der Waals surface area contributed by atoms with Crippen molar-refractivity contribution >= 4 is 22.4 Å². The number of rotatable bonds is 6. The molecule has 1 aromatic heterocycles. The highest BCUT2D eigenvalue weighted by Gasteiger charge is 2.24. The summed E-state index contributed by atoms with van der Waals surface area (Å²) in [5, 5.41) is 0.941. The topological polar surface area (TPSA) is 68.5 Å². The average molecular weight is 311 g/mol. The predicted molar refractivity (Wildman–Crippen MR) is 86.1 cm³/mol. The lowest BCUT2D eigenvalue weighted by Crippen LogP contribution is -2.39. The minimum atomic E-state index is -0.235. The summed E-state index contributed by atoms with van der Waals surface area (Å²) in [4.78, 5) is 19.7. The van der Waals surface area contributed by atoms with Gasteiger partial charge in [-0.15, -0.1) is 0 Å². The Hall–Kier alpha value is -1.14. The van der Waals surface area contributed by atoms with Crippen molar-refractivity contribution < 1.29 is 9.53 Å². The molecule has 0 unspecified atom stereocenters. The van der Waals surface area contributed by atoms with Crippen LogP contribution >= 0.6 is 11.3 Å². The molecule has 0 radical (unpaired) electrons. The monoisotopic (exact) mass is 311 g/mol. The lowest BCUT2D eigenvalue weighted by atomic mass is 10.1. The van der Waals surface area contributed by atoms with Crippen LogP contribution in [0, 0.1) is 0 Å². The van der Waals surface area contributed by atoms with Crippen LogP contribution in [-0.4, -0.2) is 36.7 Å². The van der Waals surface area contributed by atoms with E-state index in [4.69, 9.17) is 15.5 Å². The Kier molecular flexibility index (Phi) is 5.99. The van der Waals surface area contributed by atoms with E-state index in [2.05, 4.69) is 11.8 Å². The molecule has 0 bridgehead atoms. The molecule has 1 fully saturated rings. The van der Waals surface area contributed by atoms with Crippen molar-refractivity contribution in [3.8, 4) is 0 Å². The average Bonchev–Trinajstić information content (AvgIpc) is 2.90. The maximum atomic E-state index is 12.1. The molecule has 0 atom stereocenters. The number of anilines is 1. The molecule has 5 nitrogen and oxygen atoms in total. The normalized spacial score (nSPS) is 16.2. The number of carbonyl (C=O) groups is 1. The lowest BCUT2D eigenvalue weighted by molar-refractivity contribution is 0.0530. The van der Waals surface area contributed by atoms with E-state index in [1.165, 1.54) is 11.3 Å². The van der Waals surface area contributed by atoms with Gasteiger partial charge in [-0.3, -0.25) is 0 Å². The third kappa shape index (κ3) is 4.17. The molecule has 0 aliphatic carbocycles. The summed E-state index contributed by atoms with van der Waals surface area (Å²) in [6.07, 6.45) is 4.94. The van der Waals surface area contributed by atoms with Crippen molar-refractivity contribution in [2.45, 2.75) is 52.0 Å². The van der Waals surface area contributed by atoms with E-state index in [1.54, 1.807) is 0 Å². The molecule has 2 heterocycles. The summed E-state index contributed by atoms with van der Waals surface area (Å²) in [5.41, 5.74) is 6.84. The van der Waals surface area contributed by atoms with Gasteiger partial charge in [0.15, 0.2) is 5.13 Å². The maximum absolute atomic E-state index is 12.1. The molecule has 0 aromatic carbocycles. The van der Waals surface area contributed by atoms with Crippen molar-refractivity contribution in [3.63, 3.8) is 0 Å². The molecule has 0 spiro atoms. The summed E-state index contributed by atoms with van der Waals surface area (Å²) in [7, 11) is 0. The van der Waals surface area contributed by atoms with Crippen LogP contribution in [-0.2, 0) is 11.2 Å². The molecule has 118 valence electrons. The Labute approximate surface area is 130 Å². The van der Waals surface area contributed by atoms with Gasteiger partial charge in [-0.1, -0.05) is 24.7 Å². The molecule has 1 aliphatic rings.